The molecule has 9 heteroatoms. The zero-order chi connectivity index (χ0) is 16.5. The number of allylic oxidation sites excluding steroid dienone is 1. The third-order valence-electron chi connectivity index (χ3n) is 3.06. The van der Waals surface area contributed by atoms with Gasteiger partial charge in [0.05, 0.1) is 5.56 Å². The Bertz CT molecular complexity index is 735. The Hall–Kier alpha value is -2.03. The fraction of sp³-hybridized carbons (Fsp3) is 0.308. The Morgan fingerprint density at radius 3 is 2.55 bits per heavy atom. The van der Waals surface area contributed by atoms with Crippen LogP contribution in [0.15, 0.2) is 18.2 Å². The first-order valence-corrected chi connectivity index (χ1v) is 7.60. The molecule has 1 aliphatic rings. The van der Waals surface area contributed by atoms with Crippen molar-refractivity contribution in [2.24, 2.45) is 0 Å². The Morgan fingerprint density at radius 2 is 1.95 bits per heavy atom. The van der Waals surface area contributed by atoms with E-state index >= 15 is 0 Å². The lowest BCUT2D eigenvalue weighted by atomic mass is 10.00. The first-order valence-electron chi connectivity index (χ1n) is 6.19. The number of rotatable bonds is 3. The van der Waals surface area contributed by atoms with Crippen LogP contribution in [0.2, 0.25) is 0 Å². The Morgan fingerprint density at radius 1 is 1.27 bits per heavy atom. The van der Waals surface area contributed by atoms with Gasteiger partial charge in [0.15, 0.2) is 5.75 Å². The first-order chi connectivity index (χ1) is 10.1. The first kappa shape index (κ1) is 16.3. The van der Waals surface area contributed by atoms with E-state index in [0.29, 0.717) is 24.8 Å². The molecule has 1 N–H and O–H groups in total. The molecule has 0 aromatic heterocycles. The maximum Gasteiger partial charge on any atom is 0.534 e. The number of alkyl halides is 3. The van der Waals surface area contributed by atoms with Crippen molar-refractivity contribution in [3.8, 4) is 5.75 Å². The van der Waals surface area contributed by atoms with Crippen molar-refractivity contribution in [2.75, 3.05) is 0 Å². The molecule has 0 unspecified atom stereocenters. The van der Waals surface area contributed by atoms with Crippen LogP contribution in [0.3, 0.4) is 0 Å². The molecule has 0 saturated heterocycles. The summed E-state index contributed by atoms with van der Waals surface area (Å²) in [6.07, 6.45) is 4.82. The van der Waals surface area contributed by atoms with Crippen molar-refractivity contribution in [2.45, 2.75) is 24.8 Å². The van der Waals surface area contributed by atoms with Crippen molar-refractivity contribution >= 4 is 22.2 Å². The number of hydrogen-bond acceptors (Lipinski definition) is 4. The molecular weight excluding hydrogens is 325 g/mol. The summed E-state index contributed by atoms with van der Waals surface area (Å²) in [6.45, 7) is 0. The third-order valence-corrected chi connectivity index (χ3v) is 4.02. The van der Waals surface area contributed by atoms with E-state index in [1.165, 1.54) is 12.1 Å². The number of aromatic carboxylic acids is 1. The summed E-state index contributed by atoms with van der Waals surface area (Å²) in [5.74, 6) is -2.02. The van der Waals surface area contributed by atoms with Gasteiger partial charge in [0.25, 0.3) is 0 Å². The van der Waals surface area contributed by atoms with Crippen LogP contribution >= 0.6 is 0 Å². The largest absolute Gasteiger partial charge is 0.534 e. The molecule has 0 radical (unpaired) electrons. The summed E-state index contributed by atoms with van der Waals surface area (Å²) in [5, 5.41) is 8.99. The molecular formula is C13H11F3O5S. The maximum absolute atomic E-state index is 12.4. The van der Waals surface area contributed by atoms with Crippen molar-refractivity contribution in [3.63, 3.8) is 0 Å². The van der Waals surface area contributed by atoms with E-state index in [9.17, 15) is 26.4 Å². The Balaban J connectivity index is 2.59. The van der Waals surface area contributed by atoms with E-state index in [1.54, 1.807) is 6.08 Å². The molecule has 0 atom stereocenters. The topological polar surface area (TPSA) is 80.7 Å². The van der Waals surface area contributed by atoms with Gasteiger partial charge in [-0.3, -0.25) is 0 Å². The molecule has 0 aliphatic heterocycles. The molecule has 2 rings (SSSR count). The quantitative estimate of drug-likeness (QED) is 0.678. The van der Waals surface area contributed by atoms with Gasteiger partial charge in [0.2, 0.25) is 0 Å². The molecule has 0 bridgehead atoms. The summed E-state index contributed by atoms with van der Waals surface area (Å²) >= 11 is 0. The van der Waals surface area contributed by atoms with Gasteiger partial charge in [0, 0.05) is 5.56 Å². The van der Waals surface area contributed by atoms with Crippen molar-refractivity contribution in [1.29, 1.82) is 0 Å². The highest BCUT2D eigenvalue weighted by Gasteiger charge is 2.48. The highest BCUT2D eigenvalue weighted by Crippen LogP contribution is 2.34. The van der Waals surface area contributed by atoms with Gasteiger partial charge in [-0.2, -0.15) is 21.6 Å². The van der Waals surface area contributed by atoms with Crippen LogP contribution in [-0.4, -0.2) is 25.0 Å². The number of carboxylic acids is 1. The minimum absolute atomic E-state index is 0.148. The fourth-order valence-corrected chi connectivity index (χ4v) is 2.52. The minimum atomic E-state index is -5.87. The Kier molecular flexibility index (Phi) is 4.19. The molecule has 1 aliphatic carbocycles. The summed E-state index contributed by atoms with van der Waals surface area (Å²) in [4.78, 5) is 11.0. The average molecular weight is 336 g/mol. The highest BCUT2D eigenvalue weighted by atomic mass is 32.2. The zero-order valence-electron chi connectivity index (χ0n) is 11.1. The number of carbonyl (C=O) groups is 1. The fourth-order valence-electron chi connectivity index (χ4n) is 2.05. The third kappa shape index (κ3) is 3.24. The summed E-state index contributed by atoms with van der Waals surface area (Å²) in [5.41, 5.74) is -5.34. The van der Waals surface area contributed by atoms with E-state index in [0.717, 1.165) is 6.07 Å². The van der Waals surface area contributed by atoms with Crippen LogP contribution in [0.4, 0.5) is 13.2 Å². The normalized spacial score (nSPS) is 15.0. The van der Waals surface area contributed by atoms with Crippen LogP contribution in [-0.2, 0) is 16.5 Å². The van der Waals surface area contributed by atoms with Crippen LogP contribution < -0.4 is 4.18 Å². The van der Waals surface area contributed by atoms with Crippen molar-refractivity contribution < 1.29 is 35.7 Å². The SMILES string of the molecule is O=C(O)c1cc2c(c(OS(=O)(=O)C(F)(F)F)c1)C=CCCC2. The van der Waals surface area contributed by atoms with E-state index in [-0.39, 0.29) is 11.1 Å². The number of carboxylic acid groups (broad SMARTS) is 1. The van der Waals surface area contributed by atoms with Gasteiger partial charge in [-0.05, 0) is 37.0 Å². The lowest BCUT2D eigenvalue weighted by Gasteiger charge is -2.14. The number of benzene rings is 1. The molecule has 5 nitrogen and oxygen atoms in total. The van der Waals surface area contributed by atoms with Gasteiger partial charge in [0.1, 0.15) is 0 Å². The summed E-state index contributed by atoms with van der Waals surface area (Å²) in [6, 6.07) is 2.08. The molecule has 0 fully saturated rings. The summed E-state index contributed by atoms with van der Waals surface area (Å²) < 4.78 is 63.8. The van der Waals surface area contributed by atoms with E-state index in [4.69, 9.17) is 5.11 Å². The standard InChI is InChI=1S/C13H11F3O5S/c14-13(15,16)22(19,20)21-11-7-9(12(17)18)6-8-4-2-1-3-5-10(8)11/h3,5-7H,1-2,4H2,(H,17,18). The number of aryl methyl sites for hydroxylation is 1. The van der Waals surface area contributed by atoms with Gasteiger partial charge in [-0.1, -0.05) is 12.2 Å². The molecule has 0 heterocycles. The average Bonchev–Trinajstić information content (AvgIpc) is 2.62. The maximum atomic E-state index is 12.4. The van der Waals surface area contributed by atoms with Gasteiger partial charge >= 0.3 is 21.6 Å². The number of hydrogen-bond donors (Lipinski definition) is 1. The van der Waals surface area contributed by atoms with Gasteiger partial charge in [-0.25, -0.2) is 4.79 Å². The van der Waals surface area contributed by atoms with Crippen LogP contribution in [0, 0.1) is 0 Å². The van der Waals surface area contributed by atoms with E-state index in [1.807, 2.05) is 0 Å². The van der Waals surface area contributed by atoms with E-state index < -0.39 is 27.3 Å². The molecule has 120 valence electrons. The van der Waals surface area contributed by atoms with Gasteiger partial charge in [-0.15, -0.1) is 0 Å². The zero-order valence-corrected chi connectivity index (χ0v) is 11.9. The second kappa shape index (κ2) is 5.64. The minimum Gasteiger partial charge on any atom is -0.478 e. The molecule has 0 amide bonds. The lowest BCUT2D eigenvalue weighted by molar-refractivity contribution is -0.0500. The molecule has 0 spiro atoms. The van der Waals surface area contributed by atoms with E-state index in [2.05, 4.69) is 4.18 Å². The van der Waals surface area contributed by atoms with Crippen LogP contribution in [0.5, 0.6) is 5.75 Å². The monoisotopic (exact) mass is 336 g/mol. The number of fused-ring (bicyclic) bond motifs is 1. The second-order valence-electron chi connectivity index (χ2n) is 4.63. The smallest absolute Gasteiger partial charge is 0.478 e. The van der Waals surface area contributed by atoms with Crippen LogP contribution in [0.25, 0.3) is 6.08 Å². The predicted octanol–water partition coefficient (Wildman–Crippen LogP) is 2.96. The van der Waals surface area contributed by atoms with Crippen molar-refractivity contribution in [1.82, 2.24) is 0 Å². The molecule has 22 heavy (non-hydrogen) atoms. The Labute approximate surface area is 124 Å². The lowest BCUT2D eigenvalue weighted by Crippen LogP contribution is -2.28. The highest BCUT2D eigenvalue weighted by molar-refractivity contribution is 7.88. The van der Waals surface area contributed by atoms with Gasteiger partial charge < -0.3 is 9.29 Å². The molecule has 0 saturated carbocycles. The number of halogens is 3. The van der Waals surface area contributed by atoms with Crippen molar-refractivity contribution in [3.05, 3.63) is 34.9 Å². The molecule has 1 aromatic rings. The summed E-state index contributed by atoms with van der Waals surface area (Å²) in [7, 11) is -5.87. The predicted molar refractivity (Wildman–Crippen MR) is 71.0 cm³/mol. The molecule has 1 aromatic carbocycles. The van der Waals surface area contributed by atoms with Crippen LogP contribution in [0.1, 0.15) is 34.3 Å². The second-order valence-corrected chi connectivity index (χ2v) is 6.17.